The second-order valence-electron chi connectivity index (χ2n) is 9.39. The van der Waals surface area contributed by atoms with Gasteiger partial charge in [0, 0.05) is 38.3 Å². The van der Waals surface area contributed by atoms with Crippen molar-refractivity contribution in [2.75, 3.05) is 0 Å². The van der Waals surface area contributed by atoms with E-state index in [1.54, 1.807) is 0 Å². The molecule has 2 nitrogen and oxygen atoms in total. The predicted molar refractivity (Wildman–Crippen MR) is 153 cm³/mol. The smallest absolute Gasteiger partial charge is 0.0547 e. The Morgan fingerprint density at radius 3 is 1.19 bits per heavy atom. The molecule has 0 aliphatic rings. The van der Waals surface area contributed by atoms with E-state index >= 15 is 0 Å². The third kappa shape index (κ3) is 2.56. The Morgan fingerprint density at radius 2 is 0.722 bits per heavy atom. The minimum absolute atomic E-state index is 1.18. The monoisotopic (exact) mass is 458 g/mol. The Morgan fingerprint density at radius 1 is 0.306 bits per heavy atom. The fraction of sp³-hybridized carbons (Fsp3) is 0. The van der Waals surface area contributed by atoms with Crippen LogP contribution in [0, 0.1) is 0 Å². The molecular formula is C34H22N2. The molecule has 36 heavy (non-hydrogen) atoms. The molecule has 2 heteroatoms. The van der Waals surface area contributed by atoms with E-state index in [2.05, 4.69) is 143 Å². The molecule has 8 aromatic rings. The first kappa shape index (κ1) is 19.5. The minimum atomic E-state index is 1.18. The lowest BCUT2D eigenvalue weighted by molar-refractivity contribution is 1.18. The van der Waals surface area contributed by atoms with Crippen molar-refractivity contribution >= 4 is 54.4 Å². The Kier molecular flexibility index (Phi) is 3.97. The van der Waals surface area contributed by atoms with Gasteiger partial charge in [-0.1, -0.05) is 84.9 Å². The molecule has 0 spiro atoms. The highest BCUT2D eigenvalue weighted by atomic mass is 15.0. The molecule has 0 fully saturated rings. The van der Waals surface area contributed by atoms with Crippen molar-refractivity contribution in [3.05, 3.63) is 133 Å². The fourth-order valence-corrected chi connectivity index (χ4v) is 6.04. The van der Waals surface area contributed by atoms with E-state index in [1.807, 2.05) is 0 Å². The fourth-order valence-electron chi connectivity index (χ4n) is 6.04. The van der Waals surface area contributed by atoms with Gasteiger partial charge in [-0.2, -0.15) is 0 Å². The number of para-hydroxylation sites is 4. The quantitative estimate of drug-likeness (QED) is 0.244. The average molecular weight is 459 g/mol. The van der Waals surface area contributed by atoms with Gasteiger partial charge in [-0.05, 0) is 53.9 Å². The molecule has 0 saturated carbocycles. The summed E-state index contributed by atoms with van der Waals surface area (Å²) in [5, 5.41) is 7.78. The number of benzene rings is 6. The van der Waals surface area contributed by atoms with Crippen LogP contribution in [0.2, 0.25) is 0 Å². The zero-order valence-corrected chi connectivity index (χ0v) is 19.6. The maximum absolute atomic E-state index is 2.40. The molecule has 8 rings (SSSR count). The van der Waals surface area contributed by atoms with Crippen molar-refractivity contribution in [1.82, 2.24) is 9.13 Å². The van der Waals surface area contributed by atoms with Crippen molar-refractivity contribution in [3.8, 4) is 11.4 Å². The number of hydrogen-bond donors (Lipinski definition) is 0. The van der Waals surface area contributed by atoms with Gasteiger partial charge in [-0.25, -0.2) is 0 Å². The Bertz CT molecular complexity index is 1930. The molecule has 0 atom stereocenters. The van der Waals surface area contributed by atoms with Gasteiger partial charge in [-0.15, -0.1) is 0 Å². The number of aromatic nitrogens is 2. The number of fused-ring (bicyclic) bond motifs is 9. The summed E-state index contributed by atoms with van der Waals surface area (Å²) in [4.78, 5) is 0. The second kappa shape index (κ2) is 7.34. The normalized spacial score (nSPS) is 11.9. The van der Waals surface area contributed by atoms with Crippen LogP contribution in [0.15, 0.2) is 133 Å². The van der Waals surface area contributed by atoms with Crippen molar-refractivity contribution in [1.29, 1.82) is 0 Å². The van der Waals surface area contributed by atoms with E-state index in [9.17, 15) is 0 Å². The van der Waals surface area contributed by atoms with Crippen LogP contribution >= 0.6 is 0 Å². The molecule has 0 aliphatic heterocycles. The van der Waals surface area contributed by atoms with Crippen LogP contribution < -0.4 is 0 Å². The zero-order valence-electron chi connectivity index (χ0n) is 19.6. The summed E-state index contributed by atoms with van der Waals surface area (Å²) < 4.78 is 4.80. The topological polar surface area (TPSA) is 9.86 Å². The molecule has 0 N–H and O–H groups in total. The van der Waals surface area contributed by atoms with E-state index in [4.69, 9.17) is 0 Å². The van der Waals surface area contributed by atoms with Crippen LogP contribution in [-0.4, -0.2) is 9.13 Å². The van der Waals surface area contributed by atoms with E-state index in [1.165, 1.54) is 65.8 Å². The summed E-state index contributed by atoms with van der Waals surface area (Å²) in [6.45, 7) is 0. The summed E-state index contributed by atoms with van der Waals surface area (Å²) in [7, 11) is 0. The Hall–Kier alpha value is -4.82. The highest BCUT2D eigenvalue weighted by molar-refractivity contribution is 6.33. The van der Waals surface area contributed by atoms with E-state index in [0.29, 0.717) is 0 Å². The lowest BCUT2D eigenvalue weighted by Gasteiger charge is -2.10. The molecule has 6 aromatic carbocycles. The van der Waals surface area contributed by atoms with Gasteiger partial charge >= 0.3 is 0 Å². The number of rotatable bonds is 2. The van der Waals surface area contributed by atoms with Crippen LogP contribution in [0.1, 0.15) is 0 Å². The van der Waals surface area contributed by atoms with Crippen LogP contribution in [-0.2, 0) is 0 Å². The Balaban J connectivity index is 1.65. The number of nitrogens with zero attached hydrogens (tertiary/aromatic N) is 2. The van der Waals surface area contributed by atoms with Crippen LogP contribution in [0.3, 0.4) is 0 Å². The maximum atomic E-state index is 2.40. The molecule has 0 aliphatic carbocycles. The van der Waals surface area contributed by atoms with Gasteiger partial charge in [-0.3, -0.25) is 0 Å². The van der Waals surface area contributed by atoms with E-state index < -0.39 is 0 Å². The SMILES string of the molecule is c1ccc(-n2c3ccccc3c3c4c(ccc32)ccc2c4c3ccccc3n2-c2ccccc2)cc1. The highest BCUT2D eigenvalue weighted by Gasteiger charge is 2.19. The average Bonchev–Trinajstić information content (AvgIpc) is 3.47. The Labute approximate surface area is 208 Å². The molecule has 2 heterocycles. The first-order valence-electron chi connectivity index (χ1n) is 12.4. The largest absolute Gasteiger partial charge is 0.309 e. The third-order valence-corrected chi connectivity index (χ3v) is 7.48. The highest BCUT2D eigenvalue weighted by Crippen LogP contribution is 2.43. The van der Waals surface area contributed by atoms with Gasteiger partial charge in [0.2, 0.25) is 0 Å². The predicted octanol–water partition coefficient (Wildman–Crippen LogP) is 9.03. The minimum Gasteiger partial charge on any atom is -0.309 e. The van der Waals surface area contributed by atoms with Crippen molar-refractivity contribution in [2.45, 2.75) is 0 Å². The van der Waals surface area contributed by atoms with Crippen molar-refractivity contribution in [3.63, 3.8) is 0 Å². The molecular weight excluding hydrogens is 436 g/mol. The molecule has 0 radical (unpaired) electrons. The van der Waals surface area contributed by atoms with Gasteiger partial charge < -0.3 is 9.13 Å². The summed E-state index contributed by atoms with van der Waals surface area (Å²) >= 11 is 0. The van der Waals surface area contributed by atoms with Crippen LogP contribution in [0.25, 0.3) is 65.8 Å². The van der Waals surface area contributed by atoms with Crippen LogP contribution in [0.4, 0.5) is 0 Å². The third-order valence-electron chi connectivity index (χ3n) is 7.48. The summed E-state index contributed by atoms with van der Waals surface area (Å²) in [5.41, 5.74) is 7.30. The van der Waals surface area contributed by atoms with Gasteiger partial charge in [0.1, 0.15) is 0 Å². The molecule has 0 unspecified atom stereocenters. The molecule has 2 aromatic heterocycles. The van der Waals surface area contributed by atoms with E-state index in [-0.39, 0.29) is 0 Å². The van der Waals surface area contributed by atoms with Crippen molar-refractivity contribution < 1.29 is 0 Å². The van der Waals surface area contributed by atoms with Crippen molar-refractivity contribution in [2.24, 2.45) is 0 Å². The first-order chi connectivity index (χ1) is 17.9. The maximum Gasteiger partial charge on any atom is 0.0547 e. The zero-order chi connectivity index (χ0) is 23.6. The van der Waals surface area contributed by atoms with Crippen LogP contribution in [0.5, 0.6) is 0 Å². The second-order valence-corrected chi connectivity index (χ2v) is 9.39. The molecule has 168 valence electrons. The van der Waals surface area contributed by atoms with Gasteiger partial charge in [0.25, 0.3) is 0 Å². The molecule has 0 amide bonds. The van der Waals surface area contributed by atoms with E-state index in [0.717, 1.165) is 0 Å². The summed E-state index contributed by atoms with van der Waals surface area (Å²) in [6, 6.07) is 48.1. The van der Waals surface area contributed by atoms with Gasteiger partial charge in [0.05, 0.1) is 22.1 Å². The molecule has 0 saturated heterocycles. The standard InChI is InChI=1S/C34H22N2/c1-3-11-24(12-4-1)35-28-17-9-7-15-26(28)33-30(35)21-19-23-20-22-31-34(32(23)33)27-16-8-10-18-29(27)36(31)25-13-5-2-6-14-25/h1-22H. The number of hydrogen-bond acceptors (Lipinski definition) is 0. The lowest BCUT2D eigenvalue weighted by atomic mass is 9.98. The van der Waals surface area contributed by atoms with Gasteiger partial charge in [0.15, 0.2) is 0 Å². The summed E-state index contributed by atoms with van der Waals surface area (Å²) in [5.74, 6) is 0. The lowest BCUT2D eigenvalue weighted by Crippen LogP contribution is -1.93. The first-order valence-corrected chi connectivity index (χ1v) is 12.4. The molecule has 0 bridgehead atoms. The summed E-state index contributed by atoms with van der Waals surface area (Å²) in [6.07, 6.45) is 0.